The SMILES string of the molecule is CNc1snc(C)c1C(=O)Nc1nc2ccc(OC(F)(F)F)cc2s1. The summed E-state index contributed by atoms with van der Waals surface area (Å²) in [4.78, 5) is 16.6. The van der Waals surface area contributed by atoms with Crippen LogP contribution in [0.2, 0.25) is 0 Å². The maximum Gasteiger partial charge on any atom is 0.573 e. The van der Waals surface area contributed by atoms with Crippen LogP contribution in [0, 0.1) is 6.92 Å². The van der Waals surface area contributed by atoms with E-state index < -0.39 is 6.36 Å². The molecule has 25 heavy (non-hydrogen) atoms. The molecule has 3 aromatic rings. The summed E-state index contributed by atoms with van der Waals surface area (Å²) in [7, 11) is 1.68. The fourth-order valence-electron chi connectivity index (χ4n) is 2.12. The number of hydrogen-bond acceptors (Lipinski definition) is 7. The van der Waals surface area contributed by atoms with Crippen molar-refractivity contribution >= 4 is 49.1 Å². The van der Waals surface area contributed by atoms with E-state index in [2.05, 4.69) is 24.7 Å². The van der Waals surface area contributed by atoms with Crippen molar-refractivity contribution in [1.82, 2.24) is 9.36 Å². The first-order valence-electron chi connectivity index (χ1n) is 6.88. The molecule has 0 radical (unpaired) electrons. The highest BCUT2D eigenvalue weighted by atomic mass is 32.1. The first-order chi connectivity index (χ1) is 11.8. The van der Waals surface area contributed by atoms with Crippen molar-refractivity contribution in [2.75, 3.05) is 17.7 Å². The van der Waals surface area contributed by atoms with Crippen LogP contribution in [0.4, 0.5) is 23.3 Å². The Balaban J connectivity index is 1.84. The molecule has 0 fully saturated rings. The normalized spacial score (nSPS) is 11.6. The van der Waals surface area contributed by atoms with Crippen LogP contribution in [0.1, 0.15) is 16.1 Å². The molecule has 0 saturated carbocycles. The summed E-state index contributed by atoms with van der Waals surface area (Å²) in [5, 5.41) is 6.44. The quantitative estimate of drug-likeness (QED) is 0.699. The lowest BCUT2D eigenvalue weighted by Gasteiger charge is -2.07. The highest BCUT2D eigenvalue weighted by molar-refractivity contribution is 7.22. The van der Waals surface area contributed by atoms with Gasteiger partial charge in [-0.05, 0) is 30.6 Å². The molecule has 2 aromatic heterocycles. The highest BCUT2D eigenvalue weighted by Gasteiger charge is 2.31. The third kappa shape index (κ3) is 3.82. The van der Waals surface area contributed by atoms with Crippen molar-refractivity contribution in [2.24, 2.45) is 0 Å². The Kier molecular flexibility index (Phi) is 4.52. The summed E-state index contributed by atoms with van der Waals surface area (Å²) < 4.78 is 45.3. The Morgan fingerprint density at radius 2 is 2.08 bits per heavy atom. The van der Waals surface area contributed by atoms with Gasteiger partial charge in [0, 0.05) is 13.1 Å². The van der Waals surface area contributed by atoms with Crippen molar-refractivity contribution in [3.05, 3.63) is 29.5 Å². The predicted octanol–water partition coefficient (Wildman–Crippen LogP) is 4.25. The number of thiazole rings is 1. The number of carbonyl (C=O) groups is 1. The second-order valence-electron chi connectivity index (χ2n) is 4.87. The molecule has 132 valence electrons. The number of hydrogen-bond donors (Lipinski definition) is 2. The van der Waals surface area contributed by atoms with Crippen LogP contribution < -0.4 is 15.4 Å². The van der Waals surface area contributed by atoms with Gasteiger partial charge in [-0.2, -0.15) is 4.37 Å². The van der Waals surface area contributed by atoms with Crippen LogP contribution in [0.15, 0.2) is 18.2 Å². The lowest BCUT2D eigenvalue weighted by Crippen LogP contribution is -2.16. The molecule has 0 spiro atoms. The summed E-state index contributed by atoms with van der Waals surface area (Å²) in [6, 6.07) is 3.80. The lowest BCUT2D eigenvalue weighted by atomic mass is 10.2. The minimum Gasteiger partial charge on any atom is -0.406 e. The van der Waals surface area contributed by atoms with E-state index in [1.54, 1.807) is 14.0 Å². The number of nitrogens with one attached hydrogen (secondary N) is 2. The fraction of sp³-hybridized carbons (Fsp3) is 0.214. The first kappa shape index (κ1) is 17.4. The van der Waals surface area contributed by atoms with E-state index in [-0.39, 0.29) is 16.8 Å². The van der Waals surface area contributed by atoms with Crippen molar-refractivity contribution in [3.8, 4) is 5.75 Å². The minimum absolute atomic E-state index is 0.275. The Morgan fingerprint density at radius 1 is 1.32 bits per heavy atom. The number of ether oxygens (including phenoxy) is 1. The number of nitrogens with zero attached hydrogens (tertiary/aromatic N) is 2. The Morgan fingerprint density at radius 3 is 2.76 bits per heavy atom. The number of amides is 1. The number of aromatic nitrogens is 2. The van der Waals surface area contributed by atoms with Gasteiger partial charge in [-0.15, -0.1) is 13.2 Å². The van der Waals surface area contributed by atoms with Crippen molar-refractivity contribution in [2.45, 2.75) is 13.3 Å². The van der Waals surface area contributed by atoms with Gasteiger partial charge in [0.25, 0.3) is 5.91 Å². The summed E-state index contributed by atoms with van der Waals surface area (Å²) in [6.45, 7) is 1.71. The van der Waals surface area contributed by atoms with Crippen LogP contribution in [0.5, 0.6) is 5.75 Å². The molecule has 0 aliphatic heterocycles. The van der Waals surface area contributed by atoms with E-state index in [1.165, 1.54) is 29.7 Å². The zero-order chi connectivity index (χ0) is 18.2. The van der Waals surface area contributed by atoms with E-state index in [9.17, 15) is 18.0 Å². The molecule has 0 aliphatic rings. The number of anilines is 2. The maximum atomic E-state index is 12.4. The summed E-state index contributed by atoms with van der Waals surface area (Å²) >= 11 is 2.22. The monoisotopic (exact) mass is 388 g/mol. The van der Waals surface area contributed by atoms with Gasteiger partial charge in [-0.1, -0.05) is 11.3 Å². The van der Waals surface area contributed by atoms with Gasteiger partial charge < -0.3 is 10.1 Å². The van der Waals surface area contributed by atoms with Gasteiger partial charge in [0.2, 0.25) is 0 Å². The molecule has 0 bridgehead atoms. The Bertz CT molecular complexity index is 936. The van der Waals surface area contributed by atoms with Gasteiger partial charge in [0.15, 0.2) is 5.13 Å². The standard InChI is InChI=1S/C14H11F3N4O2S2/c1-6-10(12(18-2)25-21-6)11(22)20-13-19-8-4-3-7(5-9(8)24-13)23-14(15,16)17/h3-5,18H,1-2H3,(H,19,20,22). The third-order valence-corrected chi connectivity index (χ3v) is 5.02. The average molecular weight is 388 g/mol. The van der Waals surface area contributed by atoms with Crippen LogP contribution in [-0.2, 0) is 0 Å². The molecule has 11 heteroatoms. The molecule has 3 rings (SSSR count). The van der Waals surface area contributed by atoms with Crippen LogP contribution >= 0.6 is 22.9 Å². The minimum atomic E-state index is -4.76. The second-order valence-corrected chi connectivity index (χ2v) is 6.68. The number of fused-ring (bicyclic) bond motifs is 1. The number of benzene rings is 1. The highest BCUT2D eigenvalue weighted by Crippen LogP contribution is 2.32. The summed E-state index contributed by atoms with van der Waals surface area (Å²) in [6.07, 6.45) is -4.76. The first-order valence-corrected chi connectivity index (χ1v) is 8.47. The van der Waals surface area contributed by atoms with E-state index in [1.807, 2.05) is 0 Å². The number of alkyl halides is 3. The van der Waals surface area contributed by atoms with Gasteiger partial charge >= 0.3 is 6.36 Å². The number of carbonyl (C=O) groups excluding carboxylic acids is 1. The molecular formula is C14H11F3N4O2S2. The zero-order valence-corrected chi connectivity index (χ0v) is 14.5. The molecule has 6 nitrogen and oxygen atoms in total. The van der Waals surface area contributed by atoms with Crippen molar-refractivity contribution < 1.29 is 22.7 Å². The Hall–Kier alpha value is -2.40. The van der Waals surface area contributed by atoms with Gasteiger partial charge in [-0.3, -0.25) is 10.1 Å². The molecule has 0 atom stereocenters. The molecular weight excluding hydrogens is 377 g/mol. The molecule has 2 N–H and O–H groups in total. The molecule has 1 amide bonds. The zero-order valence-electron chi connectivity index (χ0n) is 12.9. The number of halogens is 3. The Labute approximate surface area is 147 Å². The number of rotatable bonds is 4. The van der Waals surface area contributed by atoms with Crippen LogP contribution in [0.25, 0.3) is 10.2 Å². The smallest absolute Gasteiger partial charge is 0.406 e. The van der Waals surface area contributed by atoms with E-state index in [0.717, 1.165) is 11.3 Å². The summed E-state index contributed by atoms with van der Waals surface area (Å²) in [5.41, 5.74) is 1.45. The van der Waals surface area contributed by atoms with Crippen LogP contribution in [0.3, 0.4) is 0 Å². The second kappa shape index (κ2) is 6.48. The largest absolute Gasteiger partial charge is 0.573 e. The summed E-state index contributed by atoms with van der Waals surface area (Å²) in [5.74, 6) is -0.724. The molecule has 0 aliphatic carbocycles. The number of aryl methyl sites for hydroxylation is 1. The topological polar surface area (TPSA) is 76.1 Å². The maximum absolute atomic E-state index is 12.4. The molecule has 0 unspecified atom stereocenters. The van der Waals surface area contributed by atoms with E-state index in [4.69, 9.17) is 0 Å². The molecule has 0 saturated heterocycles. The van der Waals surface area contributed by atoms with E-state index >= 15 is 0 Å². The van der Waals surface area contributed by atoms with Gasteiger partial charge in [-0.25, -0.2) is 4.98 Å². The van der Waals surface area contributed by atoms with Gasteiger partial charge in [0.05, 0.1) is 21.5 Å². The van der Waals surface area contributed by atoms with Crippen molar-refractivity contribution in [3.63, 3.8) is 0 Å². The lowest BCUT2D eigenvalue weighted by molar-refractivity contribution is -0.274. The van der Waals surface area contributed by atoms with Gasteiger partial charge in [0.1, 0.15) is 10.8 Å². The van der Waals surface area contributed by atoms with Crippen LogP contribution in [-0.4, -0.2) is 28.7 Å². The molecule has 1 aromatic carbocycles. The molecule has 2 heterocycles. The average Bonchev–Trinajstić information content (AvgIpc) is 3.07. The third-order valence-electron chi connectivity index (χ3n) is 3.13. The van der Waals surface area contributed by atoms with E-state index in [0.29, 0.717) is 26.5 Å². The fourth-order valence-corrected chi connectivity index (χ4v) is 3.75. The van der Waals surface area contributed by atoms with Crippen molar-refractivity contribution in [1.29, 1.82) is 0 Å². The predicted molar refractivity (Wildman–Crippen MR) is 90.7 cm³/mol.